The standard InChI is InChI=1S/C24H15ClN2O6/c1-32-17-9-7-15(8-10-17)26-21(13-2-5-16(6-3-13)27(30)31)20-22(28)18-12-14(25)4-11-19(18)33-23(20)24(26)29/h2-12,21H,1H3. The van der Waals surface area contributed by atoms with Crippen LogP contribution < -0.4 is 15.1 Å². The average molecular weight is 463 g/mol. The van der Waals surface area contributed by atoms with E-state index in [2.05, 4.69) is 0 Å². The molecule has 1 amide bonds. The number of benzene rings is 3. The number of non-ortho nitro benzene ring substituents is 1. The molecule has 0 aliphatic carbocycles. The van der Waals surface area contributed by atoms with Gasteiger partial charge in [0.05, 0.1) is 29.0 Å². The largest absolute Gasteiger partial charge is 0.497 e. The smallest absolute Gasteiger partial charge is 0.295 e. The van der Waals surface area contributed by atoms with Crippen molar-refractivity contribution in [2.45, 2.75) is 6.04 Å². The number of nitrogens with zero attached hydrogens (tertiary/aromatic N) is 2. The summed E-state index contributed by atoms with van der Waals surface area (Å²) in [6.45, 7) is 0. The van der Waals surface area contributed by atoms with Crippen LogP contribution in [0.25, 0.3) is 11.0 Å². The molecule has 0 fully saturated rings. The number of ether oxygens (including phenoxy) is 1. The van der Waals surface area contributed by atoms with Gasteiger partial charge in [-0.15, -0.1) is 0 Å². The molecule has 1 aliphatic rings. The lowest BCUT2D eigenvalue weighted by Gasteiger charge is -2.25. The number of anilines is 1. The van der Waals surface area contributed by atoms with Crippen LogP contribution in [0.4, 0.5) is 11.4 Å². The van der Waals surface area contributed by atoms with E-state index in [1.54, 1.807) is 36.4 Å². The van der Waals surface area contributed by atoms with Gasteiger partial charge in [0.15, 0.2) is 5.43 Å². The van der Waals surface area contributed by atoms with Crippen molar-refractivity contribution in [3.05, 3.63) is 109 Å². The summed E-state index contributed by atoms with van der Waals surface area (Å²) in [7, 11) is 1.53. The fraction of sp³-hybridized carbons (Fsp3) is 0.0833. The molecule has 5 rings (SSSR count). The van der Waals surface area contributed by atoms with E-state index in [0.717, 1.165) is 0 Å². The molecule has 3 aromatic carbocycles. The highest BCUT2D eigenvalue weighted by Crippen LogP contribution is 2.42. The topological polar surface area (TPSA) is 103 Å². The molecule has 0 bridgehead atoms. The van der Waals surface area contributed by atoms with Crippen LogP contribution in [0.5, 0.6) is 5.75 Å². The maximum atomic E-state index is 13.5. The molecule has 164 valence electrons. The second kappa shape index (κ2) is 7.75. The third kappa shape index (κ3) is 3.32. The summed E-state index contributed by atoms with van der Waals surface area (Å²) >= 11 is 6.09. The van der Waals surface area contributed by atoms with Gasteiger partial charge in [-0.3, -0.25) is 24.6 Å². The predicted octanol–water partition coefficient (Wildman–Crippen LogP) is 5.11. The second-order valence-electron chi connectivity index (χ2n) is 7.44. The SMILES string of the molecule is COc1ccc(N2C(=O)c3oc4ccc(Cl)cc4c(=O)c3C2c2ccc([N+](=O)[O-])cc2)cc1. The van der Waals surface area contributed by atoms with Crippen molar-refractivity contribution in [2.75, 3.05) is 12.0 Å². The van der Waals surface area contributed by atoms with Crippen LogP contribution in [0, 0.1) is 10.1 Å². The number of nitro benzene ring substituents is 1. The number of rotatable bonds is 4. The minimum Gasteiger partial charge on any atom is -0.497 e. The van der Waals surface area contributed by atoms with Gasteiger partial charge < -0.3 is 9.15 Å². The number of hydrogen-bond acceptors (Lipinski definition) is 6. The Morgan fingerprint density at radius 3 is 2.36 bits per heavy atom. The summed E-state index contributed by atoms with van der Waals surface area (Å²) in [6.07, 6.45) is 0. The lowest BCUT2D eigenvalue weighted by Crippen LogP contribution is -2.29. The Kier molecular flexibility index (Phi) is 4.87. The highest BCUT2D eigenvalue weighted by Gasteiger charge is 2.43. The molecule has 1 unspecified atom stereocenters. The number of fused-ring (bicyclic) bond motifs is 2. The van der Waals surface area contributed by atoms with Crippen LogP contribution in [0.2, 0.25) is 5.02 Å². The molecule has 1 atom stereocenters. The van der Waals surface area contributed by atoms with Crippen molar-refractivity contribution < 1.29 is 18.9 Å². The third-order valence-corrected chi connectivity index (χ3v) is 5.84. The first kappa shape index (κ1) is 20.7. The predicted molar refractivity (Wildman–Crippen MR) is 122 cm³/mol. The van der Waals surface area contributed by atoms with Crippen molar-refractivity contribution >= 4 is 39.9 Å². The van der Waals surface area contributed by atoms with Crippen LogP contribution in [0.3, 0.4) is 0 Å². The molecule has 4 aromatic rings. The monoisotopic (exact) mass is 462 g/mol. The van der Waals surface area contributed by atoms with E-state index < -0.39 is 16.9 Å². The van der Waals surface area contributed by atoms with Crippen LogP contribution in [0.1, 0.15) is 27.7 Å². The van der Waals surface area contributed by atoms with Gasteiger partial charge >= 0.3 is 0 Å². The normalized spacial score (nSPS) is 15.0. The number of carbonyl (C=O) groups is 1. The van der Waals surface area contributed by atoms with Gasteiger partial charge in [0.25, 0.3) is 11.6 Å². The zero-order chi connectivity index (χ0) is 23.3. The molecule has 1 aliphatic heterocycles. The van der Waals surface area contributed by atoms with E-state index >= 15 is 0 Å². The minimum atomic E-state index is -0.846. The Labute approximate surface area is 191 Å². The summed E-state index contributed by atoms with van der Waals surface area (Å²) in [4.78, 5) is 39.1. The Balaban J connectivity index is 1.76. The van der Waals surface area contributed by atoms with Gasteiger partial charge in [-0.1, -0.05) is 11.6 Å². The lowest BCUT2D eigenvalue weighted by molar-refractivity contribution is -0.384. The first-order chi connectivity index (χ1) is 15.9. The van der Waals surface area contributed by atoms with Gasteiger partial charge in [-0.2, -0.15) is 0 Å². The maximum Gasteiger partial charge on any atom is 0.295 e. The molecule has 2 heterocycles. The third-order valence-electron chi connectivity index (χ3n) is 5.60. The van der Waals surface area contributed by atoms with Crippen LogP contribution in [-0.4, -0.2) is 17.9 Å². The maximum absolute atomic E-state index is 13.5. The minimum absolute atomic E-state index is 0.0750. The van der Waals surface area contributed by atoms with Crippen LogP contribution >= 0.6 is 11.6 Å². The number of amides is 1. The number of nitro groups is 1. The van der Waals surface area contributed by atoms with E-state index in [-0.39, 0.29) is 33.4 Å². The average Bonchev–Trinajstić information content (AvgIpc) is 3.12. The fourth-order valence-corrected chi connectivity index (χ4v) is 4.22. The summed E-state index contributed by atoms with van der Waals surface area (Å²) in [6, 6.07) is 16.3. The molecule has 0 saturated heterocycles. The highest BCUT2D eigenvalue weighted by molar-refractivity contribution is 6.31. The van der Waals surface area contributed by atoms with Crippen molar-refractivity contribution in [1.29, 1.82) is 0 Å². The van der Waals surface area contributed by atoms with Gasteiger partial charge in [0, 0.05) is 22.8 Å². The van der Waals surface area contributed by atoms with E-state index in [1.807, 2.05) is 0 Å². The van der Waals surface area contributed by atoms with Gasteiger partial charge in [0.2, 0.25) is 5.76 Å². The molecular weight excluding hydrogens is 448 g/mol. The summed E-state index contributed by atoms with van der Waals surface area (Å²) in [5, 5.41) is 11.7. The van der Waals surface area contributed by atoms with Crippen molar-refractivity contribution in [3.8, 4) is 5.75 Å². The van der Waals surface area contributed by atoms with E-state index in [9.17, 15) is 19.7 Å². The fourth-order valence-electron chi connectivity index (χ4n) is 4.05. The molecule has 0 saturated carbocycles. The molecule has 9 heteroatoms. The molecule has 1 aromatic heterocycles. The second-order valence-corrected chi connectivity index (χ2v) is 7.88. The molecule has 8 nitrogen and oxygen atoms in total. The van der Waals surface area contributed by atoms with Crippen LogP contribution in [0.15, 0.2) is 75.9 Å². The van der Waals surface area contributed by atoms with Gasteiger partial charge in [-0.05, 0) is 60.2 Å². The quantitative estimate of drug-likeness (QED) is 0.308. The van der Waals surface area contributed by atoms with Gasteiger partial charge in [-0.25, -0.2) is 0 Å². The molecule has 0 radical (unpaired) electrons. The van der Waals surface area contributed by atoms with Gasteiger partial charge in [0.1, 0.15) is 11.3 Å². The van der Waals surface area contributed by atoms with E-state index in [1.165, 1.54) is 42.3 Å². The van der Waals surface area contributed by atoms with Crippen molar-refractivity contribution in [1.82, 2.24) is 0 Å². The van der Waals surface area contributed by atoms with Crippen molar-refractivity contribution in [2.24, 2.45) is 0 Å². The number of methoxy groups -OCH3 is 1. The van der Waals surface area contributed by atoms with Crippen LogP contribution in [-0.2, 0) is 0 Å². The highest BCUT2D eigenvalue weighted by atomic mass is 35.5. The molecule has 0 N–H and O–H groups in total. The zero-order valence-corrected chi connectivity index (χ0v) is 17.9. The lowest BCUT2D eigenvalue weighted by atomic mass is 9.98. The number of carbonyl (C=O) groups excluding carboxylic acids is 1. The Morgan fingerprint density at radius 1 is 1.03 bits per heavy atom. The number of halogens is 1. The first-order valence-electron chi connectivity index (χ1n) is 9.87. The summed E-state index contributed by atoms with van der Waals surface area (Å²) in [5.74, 6) is 0.0332. The van der Waals surface area contributed by atoms with E-state index in [4.69, 9.17) is 20.8 Å². The molecule has 0 spiro atoms. The Hall–Kier alpha value is -4.17. The molecular formula is C24H15ClN2O6. The Bertz CT molecular complexity index is 1480. The first-order valence-corrected chi connectivity index (χ1v) is 10.2. The van der Waals surface area contributed by atoms with E-state index in [0.29, 0.717) is 22.0 Å². The summed E-state index contributed by atoms with van der Waals surface area (Å²) < 4.78 is 11.1. The Morgan fingerprint density at radius 2 is 1.73 bits per heavy atom. The molecule has 33 heavy (non-hydrogen) atoms. The van der Waals surface area contributed by atoms with Crippen molar-refractivity contribution in [3.63, 3.8) is 0 Å². The number of hydrogen-bond donors (Lipinski definition) is 0. The summed E-state index contributed by atoms with van der Waals surface area (Å²) in [5.41, 5.74) is 0.947. The zero-order valence-electron chi connectivity index (χ0n) is 17.2.